The third-order valence-corrected chi connectivity index (χ3v) is 3.32. The fourth-order valence-electron chi connectivity index (χ4n) is 1.34. The Morgan fingerprint density at radius 3 is 2.70 bits per heavy atom. The summed E-state index contributed by atoms with van der Waals surface area (Å²) in [6.45, 7) is 3.12. The number of amides is 1. The van der Waals surface area contributed by atoms with Gasteiger partial charge in [0, 0.05) is 11.1 Å². The minimum atomic E-state index is -0.943. The Kier molecular flexibility index (Phi) is 5.32. The lowest BCUT2D eigenvalue weighted by molar-refractivity contribution is -0.386. The molecule has 0 bridgehead atoms. The van der Waals surface area contributed by atoms with Gasteiger partial charge in [-0.2, -0.15) is 0 Å². The van der Waals surface area contributed by atoms with Gasteiger partial charge >= 0.3 is 5.69 Å². The minimum absolute atomic E-state index is 0.0114. The molecule has 0 aromatic heterocycles. The molecule has 0 saturated heterocycles. The zero-order valence-corrected chi connectivity index (χ0v) is 13.1. The second-order valence-electron chi connectivity index (χ2n) is 4.64. The van der Waals surface area contributed by atoms with Gasteiger partial charge in [-0.25, -0.2) is 5.84 Å². The first kappa shape index (κ1) is 16.7. The van der Waals surface area contributed by atoms with Crippen molar-refractivity contribution in [3.63, 3.8) is 0 Å². The van der Waals surface area contributed by atoms with Crippen LogP contribution in [-0.2, 0) is 4.79 Å². The summed E-state index contributed by atoms with van der Waals surface area (Å²) in [7, 11) is 0. The molecule has 0 radical (unpaired) electrons. The van der Waals surface area contributed by atoms with Gasteiger partial charge in [-0.05, 0) is 35.8 Å². The Bertz CT molecular complexity index is 551. The van der Waals surface area contributed by atoms with E-state index in [1.165, 1.54) is 12.1 Å². The highest BCUT2D eigenvalue weighted by atomic mass is 79.9. The predicted octanol–water partition coefficient (Wildman–Crippen LogP) is 2.41. The van der Waals surface area contributed by atoms with Crippen molar-refractivity contribution < 1.29 is 14.5 Å². The van der Waals surface area contributed by atoms with E-state index in [0.717, 1.165) is 0 Å². The second kappa shape index (κ2) is 6.38. The highest BCUT2D eigenvalue weighted by molar-refractivity contribution is 9.10. The summed E-state index contributed by atoms with van der Waals surface area (Å²) in [6, 6.07) is 2.65. The zero-order chi connectivity index (χ0) is 15.5. The normalized spacial score (nSPS) is 11.1. The van der Waals surface area contributed by atoms with Crippen molar-refractivity contribution >= 4 is 39.1 Å². The molecule has 0 aliphatic rings. The summed E-state index contributed by atoms with van der Waals surface area (Å²) in [5.41, 5.74) is 0.790. The van der Waals surface area contributed by atoms with E-state index in [1.54, 1.807) is 13.8 Å². The van der Waals surface area contributed by atoms with Crippen molar-refractivity contribution in [2.24, 2.45) is 11.3 Å². The molecule has 9 heteroatoms. The lowest BCUT2D eigenvalue weighted by atomic mass is 9.94. The van der Waals surface area contributed by atoms with Crippen LogP contribution in [0.15, 0.2) is 16.6 Å². The molecule has 1 aromatic carbocycles. The van der Waals surface area contributed by atoms with Gasteiger partial charge in [0.1, 0.15) is 6.61 Å². The zero-order valence-electron chi connectivity index (χ0n) is 10.8. The smallest absolute Gasteiger partial charge is 0.313 e. The Balaban J connectivity index is 3.04. The Hall–Kier alpha value is -1.38. The number of nitro benzene ring substituents is 1. The summed E-state index contributed by atoms with van der Waals surface area (Å²) in [4.78, 5) is 21.9. The van der Waals surface area contributed by atoms with Crippen LogP contribution in [0.4, 0.5) is 5.69 Å². The SMILES string of the molecule is CC(C)(COc1c(Br)cc(Cl)cc1[N+](=O)[O-])C(=O)NN. The van der Waals surface area contributed by atoms with Gasteiger partial charge in [0.15, 0.2) is 0 Å². The third kappa shape index (κ3) is 3.81. The number of hydrogen-bond acceptors (Lipinski definition) is 5. The third-order valence-electron chi connectivity index (χ3n) is 2.51. The summed E-state index contributed by atoms with van der Waals surface area (Å²) in [5.74, 6) is 4.64. The van der Waals surface area contributed by atoms with Crippen LogP contribution in [0.1, 0.15) is 13.8 Å². The lowest BCUT2D eigenvalue weighted by Gasteiger charge is -2.22. The number of nitrogens with one attached hydrogen (secondary N) is 1. The van der Waals surface area contributed by atoms with E-state index in [2.05, 4.69) is 15.9 Å². The maximum atomic E-state index is 11.5. The summed E-state index contributed by atoms with van der Waals surface area (Å²) >= 11 is 8.91. The van der Waals surface area contributed by atoms with E-state index in [0.29, 0.717) is 4.47 Å². The van der Waals surface area contributed by atoms with Crippen molar-refractivity contribution in [2.75, 3.05) is 6.61 Å². The standard InChI is InChI=1S/C11H13BrClN3O4/c1-11(2,10(17)15-14)5-20-9-7(12)3-6(13)4-8(9)16(18)19/h3-4H,5,14H2,1-2H3,(H,15,17). The van der Waals surface area contributed by atoms with E-state index >= 15 is 0 Å². The number of nitro groups is 1. The Morgan fingerprint density at radius 1 is 1.60 bits per heavy atom. The van der Waals surface area contributed by atoms with Crippen molar-refractivity contribution in [3.05, 3.63) is 31.7 Å². The first-order valence-electron chi connectivity index (χ1n) is 5.46. The van der Waals surface area contributed by atoms with Gasteiger partial charge < -0.3 is 4.74 Å². The molecule has 0 heterocycles. The van der Waals surface area contributed by atoms with Crippen LogP contribution >= 0.6 is 27.5 Å². The van der Waals surface area contributed by atoms with Gasteiger partial charge in [-0.3, -0.25) is 20.3 Å². The van der Waals surface area contributed by atoms with Gasteiger partial charge in [-0.1, -0.05) is 11.6 Å². The molecule has 110 valence electrons. The average Bonchev–Trinajstić information content (AvgIpc) is 2.35. The van der Waals surface area contributed by atoms with Gasteiger partial charge in [0.25, 0.3) is 0 Å². The molecule has 1 aromatic rings. The minimum Gasteiger partial charge on any atom is -0.485 e. The van der Waals surface area contributed by atoms with E-state index < -0.39 is 16.2 Å². The van der Waals surface area contributed by atoms with Gasteiger partial charge in [-0.15, -0.1) is 0 Å². The molecule has 0 unspecified atom stereocenters. The fourth-order valence-corrected chi connectivity index (χ4v) is 2.25. The lowest BCUT2D eigenvalue weighted by Crippen LogP contribution is -2.44. The highest BCUT2D eigenvalue weighted by Crippen LogP contribution is 2.38. The van der Waals surface area contributed by atoms with Gasteiger partial charge in [0.2, 0.25) is 11.7 Å². The maximum absolute atomic E-state index is 11.5. The summed E-state index contributed by atoms with van der Waals surface area (Å²) < 4.78 is 5.74. The molecule has 20 heavy (non-hydrogen) atoms. The first-order chi connectivity index (χ1) is 9.19. The number of hydrazine groups is 1. The summed E-state index contributed by atoms with van der Waals surface area (Å²) in [5, 5.41) is 11.2. The van der Waals surface area contributed by atoms with Crippen LogP contribution in [0.2, 0.25) is 5.02 Å². The largest absolute Gasteiger partial charge is 0.485 e. The molecular weight excluding hydrogens is 353 g/mol. The number of carbonyl (C=O) groups excluding carboxylic acids is 1. The molecule has 0 aliphatic carbocycles. The average molecular weight is 367 g/mol. The molecule has 1 amide bonds. The van der Waals surface area contributed by atoms with Crippen molar-refractivity contribution in [3.8, 4) is 5.75 Å². The van der Waals surface area contributed by atoms with Crippen molar-refractivity contribution in [1.29, 1.82) is 0 Å². The molecule has 0 aliphatic heterocycles. The van der Waals surface area contributed by atoms with E-state index in [1.807, 2.05) is 5.43 Å². The first-order valence-corrected chi connectivity index (χ1v) is 6.63. The maximum Gasteiger partial charge on any atom is 0.313 e. The molecule has 0 saturated carbocycles. The van der Waals surface area contributed by atoms with Gasteiger partial charge in [0.05, 0.1) is 14.8 Å². The van der Waals surface area contributed by atoms with Crippen LogP contribution < -0.4 is 16.0 Å². The van der Waals surface area contributed by atoms with E-state index in [-0.39, 0.29) is 23.1 Å². The summed E-state index contributed by atoms with van der Waals surface area (Å²) in [6.07, 6.45) is 0. The number of hydrogen-bond donors (Lipinski definition) is 2. The van der Waals surface area contributed by atoms with Crippen molar-refractivity contribution in [1.82, 2.24) is 5.43 Å². The highest BCUT2D eigenvalue weighted by Gasteiger charge is 2.30. The number of rotatable bonds is 5. The van der Waals surface area contributed by atoms with Crippen LogP contribution in [-0.4, -0.2) is 17.4 Å². The van der Waals surface area contributed by atoms with Crippen molar-refractivity contribution in [2.45, 2.75) is 13.8 Å². The van der Waals surface area contributed by atoms with Crippen LogP contribution in [0, 0.1) is 15.5 Å². The second-order valence-corrected chi connectivity index (χ2v) is 5.93. The molecule has 0 spiro atoms. The number of halogens is 2. The molecule has 1 rings (SSSR count). The Morgan fingerprint density at radius 2 is 2.20 bits per heavy atom. The number of carbonyl (C=O) groups is 1. The van der Waals surface area contributed by atoms with Crippen LogP contribution in [0.25, 0.3) is 0 Å². The monoisotopic (exact) mass is 365 g/mol. The Labute approximate surface area is 128 Å². The molecule has 0 fully saturated rings. The van der Waals surface area contributed by atoms with Crippen LogP contribution in [0.5, 0.6) is 5.75 Å². The molecule has 7 nitrogen and oxygen atoms in total. The van der Waals surface area contributed by atoms with E-state index in [9.17, 15) is 14.9 Å². The number of benzene rings is 1. The van der Waals surface area contributed by atoms with E-state index in [4.69, 9.17) is 22.2 Å². The number of nitrogens with zero attached hydrogens (tertiary/aromatic N) is 1. The predicted molar refractivity (Wildman–Crippen MR) is 77.4 cm³/mol. The van der Waals surface area contributed by atoms with Crippen LogP contribution in [0.3, 0.4) is 0 Å². The molecule has 3 N–H and O–H groups in total. The quantitative estimate of drug-likeness (QED) is 0.360. The topological polar surface area (TPSA) is 107 Å². The number of ether oxygens (including phenoxy) is 1. The number of nitrogens with two attached hydrogens (primary N) is 1. The fraction of sp³-hybridized carbons (Fsp3) is 0.364. The molecular formula is C11H13BrClN3O4. The molecule has 0 atom stereocenters.